The van der Waals surface area contributed by atoms with Gasteiger partial charge in [-0.2, -0.15) is 0 Å². The van der Waals surface area contributed by atoms with Gasteiger partial charge in [-0.25, -0.2) is 8.42 Å². The Balaban J connectivity index is 1.81. The van der Waals surface area contributed by atoms with Gasteiger partial charge in [-0.15, -0.1) is 0 Å². The van der Waals surface area contributed by atoms with Crippen LogP contribution in [0.15, 0.2) is 72.8 Å². The number of hydrogen-bond acceptors (Lipinski definition) is 4. The average Bonchev–Trinajstić information content (AvgIpc) is 2.82. The first-order valence-corrected chi connectivity index (χ1v) is 14.2. The fraction of sp³-hybridized carbons (Fsp3) is 0.259. The zero-order valence-electron chi connectivity index (χ0n) is 20.0. The number of nitrogens with one attached hydrogen (secondary N) is 2. The van der Waals surface area contributed by atoms with Crippen molar-refractivity contribution in [2.75, 3.05) is 17.6 Å². The van der Waals surface area contributed by atoms with Crippen molar-refractivity contribution in [3.8, 4) is 0 Å². The van der Waals surface area contributed by atoms with E-state index in [0.717, 1.165) is 16.7 Å². The van der Waals surface area contributed by atoms with Crippen molar-refractivity contribution in [1.29, 1.82) is 0 Å². The topological polar surface area (TPSA) is 92.3 Å². The monoisotopic (exact) mass is 638 g/mol. The van der Waals surface area contributed by atoms with E-state index in [1.807, 2.05) is 36.4 Å². The van der Waals surface area contributed by atoms with E-state index in [9.17, 15) is 18.0 Å². The molecule has 3 rings (SSSR count). The predicted octanol–water partition coefficient (Wildman–Crippen LogP) is 5.32. The number of alkyl halides is 1. The van der Waals surface area contributed by atoms with Crippen LogP contribution in [0.4, 0.5) is 5.69 Å². The Labute approximate surface area is 231 Å². The third kappa shape index (κ3) is 8.31. The SMILES string of the molecule is CC(C)(I)c1ccc(C(Cc2ccc(C(=O)NCC[SH](=O)=O)cc2)C(=O)Nc2cccc(Cl)c2)cc1. The molecule has 0 heterocycles. The third-order valence-electron chi connectivity index (χ3n) is 5.64. The second kappa shape index (κ2) is 12.7. The van der Waals surface area contributed by atoms with Gasteiger partial charge in [-0.1, -0.05) is 76.7 Å². The first-order chi connectivity index (χ1) is 17.0. The summed E-state index contributed by atoms with van der Waals surface area (Å²) in [5, 5.41) is 6.09. The van der Waals surface area contributed by atoms with Gasteiger partial charge >= 0.3 is 0 Å². The second-order valence-electron chi connectivity index (χ2n) is 8.86. The molecule has 0 aliphatic heterocycles. The molecule has 0 radical (unpaired) electrons. The van der Waals surface area contributed by atoms with E-state index in [2.05, 4.69) is 47.1 Å². The number of rotatable bonds is 10. The summed E-state index contributed by atoms with van der Waals surface area (Å²) in [6.07, 6.45) is 0.429. The van der Waals surface area contributed by atoms with Crippen molar-refractivity contribution in [3.63, 3.8) is 0 Å². The molecule has 0 saturated heterocycles. The second-order valence-corrected chi connectivity index (χ2v) is 13.1. The van der Waals surface area contributed by atoms with E-state index in [4.69, 9.17) is 11.6 Å². The van der Waals surface area contributed by atoms with Crippen LogP contribution in [0.2, 0.25) is 5.02 Å². The molecule has 0 bridgehead atoms. The Bertz CT molecular complexity index is 1280. The highest BCUT2D eigenvalue weighted by atomic mass is 127. The van der Waals surface area contributed by atoms with Crippen LogP contribution in [0.3, 0.4) is 0 Å². The maximum Gasteiger partial charge on any atom is 0.251 e. The molecule has 3 aromatic carbocycles. The number of hydrogen-bond donors (Lipinski definition) is 3. The molecule has 36 heavy (non-hydrogen) atoms. The maximum atomic E-state index is 13.4. The molecule has 2 amide bonds. The quantitative estimate of drug-likeness (QED) is 0.159. The van der Waals surface area contributed by atoms with Crippen molar-refractivity contribution in [3.05, 3.63) is 100 Å². The summed E-state index contributed by atoms with van der Waals surface area (Å²) < 4.78 is 21.3. The molecular formula is C27H28ClIN2O4S. The van der Waals surface area contributed by atoms with Gasteiger partial charge in [-0.05, 0) is 67.3 Å². The Morgan fingerprint density at radius 2 is 1.67 bits per heavy atom. The molecule has 0 aromatic heterocycles. The molecule has 1 atom stereocenters. The Hall–Kier alpha value is -2.43. The highest BCUT2D eigenvalue weighted by molar-refractivity contribution is 14.1. The molecule has 190 valence electrons. The van der Waals surface area contributed by atoms with Gasteiger partial charge in [0.2, 0.25) is 5.91 Å². The van der Waals surface area contributed by atoms with E-state index in [1.54, 1.807) is 36.4 Å². The zero-order valence-corrected chi connectivity index (χ0v) is 23.8. The van der Waals surface area contributed by atoms with Gasteiger partial charge in [0.25, 0.3) is 5.91 Å². The van der Waals surface area contributed by atoms with Crippen LogP contribution < -0.4 is 10.6 Å². The zero-order chi connectivity index (χ0) is 26.3. The number of amides is 2. The standard InChI is InChI=1S/C27H28ClIN2O4S/c1-27(2,29)21-12-10-19(11-13-21)24(26(33)31-23-5-3-4-22(28)17-23)16-18-6-8-20(9-7-18)25(32)30-14-15-36(34)35/h3-13,17,24,36H,14-16H2,1-2H3,(H,30,32)(H,31,33). The van der Waals surface area contributed by atoms with E-state index >= 15 is 0 Å². The summed E-state index contributed by atoms with van der Waals surface area (Å²) in [5.41, 5.74) is 3.98. The molecule has 1 unspecified atom stereocenters. The summed E-state index contributed by atoms with van der Waals surface area (Å²) in [4.78, 5) is 25.6. The van der Waals surface area contributed by atoms with E-state index in [1.165, 1.54) is 0 Å². The lowest BCUT2D eigenvalue weighted by atomic mass is 9.89. The van der Waals surface area contributed by atoms with Gasteiger partial charge in [0.1, 0.15) is 10.7 Å². The smallest absolute Gasteiger partial charge is 0.251 e. The van der Waals surface area contributed by atoms with E-state index in [-0.39, 0.29) is 27.5 Å². The van der Waals surface area contributed by atoms with Crippen LogP contribution in [0.1, 0.15) is 46.8 Å². The molecular weight excluding hydrogens is 611 g/mol. The van der Waals surface area contributed by atoms with Crippen LogP contribution in [0.5, 0.6) is 0 Å². The molecule has 0 spiro atoms. The Morgan fingerprint density at radius 3 is 2.25 bits per heavy atom. The van der Waals surface area contributed by atoms with E-state index < -0.39 is 16.6 Å². The molecule has 3 aromatic rings. The number of carbonyl (C=O) groups excluding carboxylic acids is 2. The Kier molecular flexibility index (Phi) is 9.92. The number of carbonyl (C=O) groups is 2. The number of halogens is 2. The first kappa shape index (κ1) is 28.1. The fourth-order valence-electron chi connectivity index (χ4n) is 3.66. The van der Waals surface area contributed by atoms with Gasteiger partial charge < -0.3 is 10.6 Å². The third-order valence-corrected chi connectivity index (χ3v) is 7.09. The number of benzene rings is 3. The summed E-state index contributed by atoms with van der Waals surface area (Å²) >= 11 is 8.47. The minimum absolute atomic E-state index is 0.0332. The van der Waals surface area contributed by atoms with Crippen molar-refractivity contribution in [2.45, 2.75) is 29.6 Å². The average molecular weight is 639 g/mol. The highest BCUT2D eigenvalue weighted by Gasteiger charge is 2.23. The molecule has 0 aliphatic rings. The van der Waals surface area contributed by atoms with Gasteiger partial charge in [-0.3, -0.25) is 9.59 Å². The van der Waals surface area contributed by atoms with Crippen LogP contribution in [0, 0.1) is 0 Å². The van der Waals surface area contributed by atoms with Gasteiger partial charge in [0.15, 0.2) is 0 Å². The first-order valence-electron chi connectivity index (χ1n) is 11.4. The summed E-state index contributed by atoms with van der Waals surface area (Å²) in [6.45, 7) is 4.32. The lowest BCUT2D eigenvalue weighted by molar-refractivity contribution is -0.117. The lowest BCUT2D eigenvalue weighted by Gasteiger charge is -2.21. The normalized spacial score (nSPS) is 12.2. The highest BCUT2D eigenvalue weighted by Crippen LogP contribution is 2.32. The summed E-state index contributed by atoms with van der Waals surface area (Å²) in [5.74, 6) is -1.07. The predicted molar refractivity (Wildman–Crippen MR) is 154 cm³/mol. The van der Waals surface area contributed by atoms with Crippen LogP contribution >= 0.6 is 34.2 Å². The summed E-state index contributed by atoms with van der Waals surface area (Å²) in [6, 6.07) is 22.1. The van der Waals surface area contributed by atoms with Crippen molar-refractivity contribution >= 4 is 62.4 Å². The molecule has 2 N–H and O–H groups in total. The number of thiol groups is 1. The van der Waals surface area contributed by atoms with Gasteiger partial charge in [0.05, 0.1) is 11.7 Å². The largest absolute Gasteiger partial charge is 0.351 e. The molecule has 9 heteroatoms. The maximum absolute atomic E-state index is 13.4. The van der Waals surface area contributed by atoms with E-state index in [0.29, 0.717) is 22.7 Å². The minimum atomic E-state index is -2.53. The molecule has 0 saturated carbocycles. The van der Waals surface area contributed by atoms with Crippen LogP contribution in [0.25, 0.3) is 0 Å². The lowest BCUT2D eigenvalue weighted by Crippen LogP contribution is -2.26. The molecule has 0 fully saturated rings. The summed E-state index contributed by atoms with van der Waals surface area (Å²) in [7, 11) is -2.53. The van der Waals surface area contributed by atoms with Gasteiger partial charge in [0, 0.05) is 26.2 Å². The Morgan fingerprint density at radius 1 is 1.00 bits per heavy atom. The van der Waals surface area contributed by atoms with Crippen LogP contribution in [-0.2, 0) is 25.3 Å². The van der Waals surface area contributed by atoms with Crippen LogP contribution in [-0.4, -0.2) is 32.5 Å². The number of anilines is 1. The fourth-order valence-corrected chi connectivity index (χ4v) is 4.50. The van der Waals surface area contributed by atoms with Crippen molar-refractivity contribution in [2.24, 2.45) is 0 Å². The minimum Gasteiger partial charge on any atom is -0.351 e. The van der Waals surface area contributed by atoms with Crippen molar-refractivity contribution < 1.29 is 18.0 Å². The van der Waals surface area contributed by atoms with Crippen molar-refractivity contribution in [1.82, 2.24) is 5.32 Å². The molecule has 6 nitrogen and oxygen atoms in total. The molecule has 0 aliphatic carbocycles.